The summed E-state index contributed by atoms with van der Waals surface area (Å²) in [5, 5.41) is 7.82. The lowest BCUT2D eigenvalue weighted by molar-refractivity contribution is -0.146. The fourth-order valence-corrected chi connectivity index (χ4v) is 2.34. The summed E-state index contributed by atoms with van der Waals surface area (Å²) in [5.74, 6) is 1.49. The number of halogens is 1. The molecule has 0 atom stereocenters. The smallest absolute Gasteiger partial charge is 0.308 e. The SMILES string of the molecule is COC(=O)C1CCC(c2nnc(CCl)o2)CC1. The van der Waals surface area contributed by atoms with Crippen molar-refractivity contribution in [2.75, 3.05) is 7.11 Å². The first-order chi connectivity index (χ1) is 8.24. The zero-order valence-electron chi connectivity index (χ0n) is 9.69. The predicted molar refractivity (Wildman–Crippen MR) is 60.6 cm³/mol. The minimum atomic E-state index is -0.115. The number of methoxy groups -OCH3 is 1. The Kier molecular flexibility index (Phi) is 3.99. The Bertz CT molecular complexity index is 386. The normalized spacial score (nSPS) is 24.6. The van der Waals surface area contributed by atoms with Crippen LogP contribution in [-0.2, 0) is 15.4 Å². The summed E-state index contributed by atoms with van der Waals surface area (Å²) < 4.78 is 10.2. The molecular weight excluding hydrogens is 244 g/mol. The van der Waals surface area contributed by atoms with E-state index in [1.807, 2.05) is 0 Å². The molecule has 0 radical (unpaired) electrons. The van der Waals surface area contributed by atoms with Crippen molar-refractivity contribution < 1.29 is 13.9 Å². The highest BCUT2D eigenvalue weighted by Gasteiger charge is 2.30. The molecule has 0 saturated heterocycles. The molecule has 1 fully saturated rings. The average molecular weight is 259 g/mol. The van der Waals surface area contributed by atoms with Gasteiger partial charge in [-0.1, -0.05) is 0 Å². The molecule has 0 N–H and O–H groups in total. The fourth-order valence-electron chi connectivity index (χ4n) is 2.23. The maximum absolute atomic E-state index is 11.4. The van der Waals surface area contributed by atoms with Crippen LogP contribution in [0.5, 0.6) is 0 Å². The van der Waals surface area contributed by atoms with E-state index < -0.39 is 0 Å². The molecule has 17 heavy (non-hydrogen) atoms. The van der Waals surface area contributed by atoms with Crippen LogP contribution < -0.4 is 0 Å². The van der Waals surface area contributed by atoms with Gasteiger partial charge in [0.15, 0.2) is 0 Å². The second-order valence-electron chi connectivity index (χ2n) is 4.24. The average Bonchev–Trinajstić information content (AvgIpc) is 2.87. The van der Waals surface area contributed by atoms with E-state index in [0.29, 0.717) is 11.8 Å². The van der Waals surface area contributed by atoms with Gasteiger partial charge in [-0.3, -0.25) is 4.79 Å². The molecular formula is C11H15ClN2O3. The van der Waals surface area contributed by atoms with Crippen molar-refractivity contribution in [1.29, 1.82) is 0 Å². The van der Waals surface area contributed by atoms with E-state index in [1.165, 1.54) is 7.11 Å². The number of rotatable bonds is 3. The molecule has 0 aliphatic heterocycles. The van der Waals surface area contributed by atoms with Crippen LogP contribution in [0, 0.1) is 5.92 Å². The second kappa shape index (κ2) is 5.49. The lowest BCUT2D eigenvalue weighted by Gasteiger charge is -2.24. The first-order valence-electron chi connectivity index (χ1n) is 5.70. The van der Waals surface area contributed by atoms with Crippen LogP contribution in [-0.4, -0.2) is 23.3 Å². The summed E-state index contributed by atoms with van der Waals surface area (Å²) in [6.45, 7) is 0. The third-order valence-electron chi connectivity index (χ3n) is 3.21. The third-order valence-corrected chi connectivity index (χ3v) is 3.44. The van der Waals surface area contributed by atoms with Gasteiger partial charge in [-0.2, -0.15) is 0 Å². The van der Waals surface area contributed by atoms with E-state index >= 15 is 0 Å². The molecule has 94 valence electrons. The lowest BCUT2D eigenvalue weighted by Crippen LogP contribution is -2.22. The Hall–Kier alpha value is -1.10. The Morgan fingerprint density at radius 1 is 1.41 bits per heavy atom. The maximum atomic E-state index is 11.4. The molecule has 1 aromatic rings. The number of ether oxygens (including phenoxy) is 1. The van der Waals surface area contributed by atoms with E-state index in [0.717, 1.165) is 25.7 Å². The van der Waals surface area contributed by atoms with Crippen LogP contribution in [0.4, 0.5) is 0 Å². The van der Waals surface area contributed by atoms with Crippen molar-refractivity contribution in [2.45, 2.75) is 37.5 Å². The Balaban J connectivity index is 1.92. The molecule has 6 heteroatoms. The first-order valence-corrected chi connectivity index (χ1v) is 6.24. The van der Waals surface area contributed by atoms with Crippen LogP contribution >= 0.6 is 11.6 Å². The minimum absolute atomic E-state index is 0.0201. The number of nitrogens with zero attached hydrogens (tertiary/aromatic N) is 2. The van der Waals surface area contributed by atoms with Crippen molar-refractivity contribution in [1.82, 2.24) is 10.2 Å². The summed E-state index contributed by atoms with van der Waals surface area (Å²) in [6, 6.07) is 0. The zero-order valence-corrected chi connectivity index (χ0v) is 10.4. The molecule has 1 aromatic heterocycles. The van der Waals surface area contributed by atoms with Gasteiger partial charge in [0.25, 0.3) is 0 Å². The van der Waals surface area contributed by atoms with Gasteiger partial charge in [0.05, 0.1) is 13.0 Å². The van der Waals surface area contributed by atoms with Gasteiger partial charge in [-0.15, -0.1) is 21.8 Å². The van der Waals surface area contributed by atoms with Gasteiger partial charge >= 0.3 is 5.97 Å². The van der Waals surface area contributed by atoms with E-state index in [-0.39, 0.29) is 23.7 Å². The fraction of sp³-hybridized carbons (Fsp3) is 0.727. The monoisotopic (exact) mass is 258 g/mol. The van der Waals surface area contributed by atoms with Crippen LogP contribution in [0.2, 0.25) is 0 Å². The van der Waals surface area contributed by atoms with E-state index in [1.54, 1.807) is 0 Å². The molecule has 5 nitrogen and oxygen atoms in total. The first kappa shape index (κ1) is 12.4. The van der Waals surface area contributed by atoms with Gasteiger partial charge in [-0.25, -0.2) is 0 Å². The molecule has 1 aliphatic carbocycles. The van der Waals surface area contributed by atoms with Gasteiger partial charge in [0.1, 0.15) is 5.88 Å². The number of hydrogen-bond acceptors (Lipinski definition) is 5. The predicted octanol–water partition coefficient (Wildman–Crippen LogP) is 2.26. The van der Waals surface area contributed by atoms with Crippen LogP contribution in [0.15, 0.2) is 4.42 Å². The van der Waals surface area contributed by atoms with Gasteiger partial charge in [-0.05, 0) is 25.7 Å². The highest BCUT2D eigenvalue weighted by atomic mass is 35.5. The highest BCUT2D eigenvalue weighted by Crippen LogP contribution is 2.35. The summed E-state index contributed by atoms with van der Waals surface area (Å²) in [4.78, 5) is 11.4. The molecule has 1 heterocycles. The zero-order chi connectivity index (χ0) is 12.3. The van der Waals surface area contributed by atoms with E-state index in [2.05, 4.69) is 10.2 Å². The molecule has 1 saturated carbocycles. The standard InChI is InChI=1S/C11H15ClN2O3/c1-16-11(15)8-4-2-7(3-5-8)10-14-13-9(6-12)17-10/h7-8H,2-6H2,1H3. The number of esters is 1. The Labute approximate surface area is 104 Å². The molecule has 0 bridgehead atoms. The van der Waals surface area contributed by atoms with Crippen molar-refractivity contribution >= 4 is 17.6 Å². The summed E-state index contributed by atoms with van der Waals surface area (Å²) in [6.07, 6.45) is 3.39. The number of hydrogen-bond donors (Lipinski definition) is 0. The van der Waals surface area contributed by atoms with Gasteiger partial charge in [0.2, 0.25) is 11.8 Å². The third kappa shape index (κ3) is 2.77. The maximum Gasteiger partial charge on any atom is 0.308 e. The van der Waals surface area contributed by atoms with Gasteiger partial charge < -0.3 is 9.15 Å². The van der Waals surface area contributed by atoms with E-state index in [4.69, 9.17) is 20.8 Å². The lowest BCUT2D eigenvalue weighted by atomic mass is 9.82. The Morgan fingerprint density at radius 2 is 2.12 bits per heavy atom. The highest BCUT2D eigenvalue weighted by molar-refractivity contribution is 6.16. The molecule has 0 unspecified atom stereocenters. The summed E-state index contributed by atoms with van der Waals surface area (Å²) in [5.41, 5.74) is 0. The van der Waals surface area contributed by atoms with Crippen molar-refractivity contribution in [3.05, 3.63) is 11.8 Å². The summed E-state index contributed by atoms with van der Waals surface area (Å²) in [7, 11) is 1.43. The molecule has 0 aromatic carbocycles. The number of alkyl halides is 1. The van der Waals surface area contributed by atoms with Crippen LogP contribution in [0.25, 0.3) is 0 Å². The largest absolute Gasteiger partial charge is 0.469 e. The van der Waals surface area contributed by atoms with Crippen molar-refractivity contribution in [3.63, 3.8) is 0 Å². The van der Waals surface area contributed by atoms with Crippen molar-refractivity contribution in [2.24, 2.45) is 5.92 Å². The van der Waals surface area contributed by atoms with Crippen molar-refractivity contribution in [3.8, 4) is 0 Å². The quantitative estimate of drug-likeness (QED) is 0.615. The van der Waals surface area contributed by atoms with Gasteiger partial charge in [0, 0.05) is 5.92 Å². The van der Waals surface area contributed by atoms with Crippen LogP contribution in [0.1, 0.15) is 43.4 Å². The Morgan fingerprint density at radius 3 is 2.65 bits per heavy atom. The molecule has 1 aliphatic rings. The molecule has 0 amide bonds. The molecule has 2 rings (SSSR count). The number of carbonyl (C=O) groups excluding carboxylic acids is 1. The number of aromatic nitrogens is 2. The van der Waals surface area contributed by atoms with Crippen LogP contribution in [0.3, 0.4) is 0 Å². The summed E-state index contributed by atoms with van der Waals surface area (Å²) >= 11 is 5.61. The topological polar surface area (TPSA) is 65.2 Å². The number of carbonyl (C=O) groups is 1. The molecule has 0 spiro atoms. The second-order valence-corrected chi connectivity index (χ2v) is 4.51. The van der Waals surface area contributed by atoms with E-state index in [9.17, 15) is 4.79 Å². The minimum Gasteiger partial charge on any atom is -0.469 e.